The van der Waals surface area contributed by atoms with E-state index in [1.807, 2.05) is 0 Å². The molecule has 0 aliphatic heterocycles. The fourth-order valence-electron chi connectivity index (χ4n) is 1.32. The summed E-state index contributed by atoms with van der Waals surface area (Å²) in [5.41, 5.74) is 2.49. The van der Waals surface area contributed by atoms with E-state index in [9.17, 15) is 0 Å². The molecule has 0 saturated heterocycles. The van der Waals surface area contributed by atoms with E-state index >= 15 is 0 Å². The summed E-state index contributed by atoms with van der Waals surface area (Å²) in [6.07, 6.45) is 0. The van der Waals surface area contributed by atoms with Gasteiger partial charge in [-0.1, -0.05) is 31.2 Å². The first-order valence-corrected chi connectivity index (χ1v) is 5.94. The molecule has 0 aromatic heterocycles. The van der Waals surface area contributed by atoms with Crippen molar-refractivity contribution in [1.29, 1.82) is 0 Å². The van der Waals surface area contributed by atoms with Crippen LogP contribution in [-0.4, -0.2) is 12.1 Å². The number of ether oxygens (including phenoxy) is 1. The second kappa shape index (κ2) is 6.02. The summed E-state index contributed by atoms with van der Waals surface area (Å²) in [5, 5.41) is 3.31. The second-order valence-electron chi connectivity index (χ2n) is 5.00. The van der Waals surface area contributed by atoms with Crippen LogP contribution in [-0.2, 0) is 17.9 Å². The highest BCUT2D eigenvalue weighted by molar-refractivity contribution is 5.21. The van der Waals surface area contributed by atoms with Crippen LogP contribution in [0.3, 0.4) is 0 Å². The van der Waals surface area contributed by atoms with Gasteiger partial charge < -0.3 is 10.1 Å². The van der Waals surface area contributed by atoms with Crippen LogP contribution in [0.4, 0.5) is 0 Å². The van der Waals surface area contributed by atoms with Crippen molar-refractivity contribution in [3.8, 4) is 0 Å². The highest BCUT2D eigenvalue weighted by Gasteiger charge is 2.09. The molecule has 1 N–H and O–H groups in total. The molecule has 2 heteroatoms. The summed E-state index contributed by atoms with van der Waals surface area (Å²) in [6.45, 7) is 11.0. The van der Waals surface area contributed by atoms with Crippen LogP contribution < -0.4 is 5.32 Å². The Bertz CT molecular complexity index is 298. The Balaban J connectivity index is 2.45. The smallest absolute Gasteiger partial charge is 0.0724 e. The van der Waals surface area contributed by atoms with Gasteiger partial charge in [0.05, 0.1) is 12.2 Å². The van der Waals surface area contributed by atoms with Crippen LogP contribution in [0, 0.1) is 0 Å². The first-order chi connectivity index (χ1) is 7.51. The lowest BCUT2D eigenvalue weighted by Gasteiger charge is -2.19. The number of hydrogen-bond donors (Lipinski definition) is 1. The standard InChI is InChI=1S/C14H23NO/c1-5-15-10-12-6-8-13(9-7-12)11-16-14(2,3)4/h6-9,15H,5,10-11H2,1-4H3. The van der Waals surface area contributed by atoms with Crippen LogP contribution in [0.15, 0.2) is 24.3 Å². The Kier molecular flexibility index (Phi) is 4.97. The fourth-order valence-corrected chi connectivity index (χ4v) is 1.32. The minimum Gasteiger partial charge on any atom is -0.371 e. The van der Waals surface area contributed by atoms with Crippen molar-refractivity contribution in [2.75, 3.05) is 6.54 Å². The topological polar surface area (TPSA) is 21.3 Å². The maximum absolute atomic E-state index is 5.72. The molecule has 0 unspecified atom stereocenters. The van der Waals surface area contributed by atoms with Gasteiger partial charge in [-0.2, -0.15) is 0 Å². The van der Waals surface area contributed by atoms with E-state index in [-0.39, 0.29) is 5.60 Å². The Morgan fingerprint density at radius 3 is 2.12 bits per heavy atom. The van der Waals surface area contributed by atoms with Crippen LogP contribution in [0.2, 0.25) is 0 Å². The summed E-state index contributed by atoms with van der Waals surface area (Å²) in [5.74, 6) is 0. The van der Waals surface area contributed by atoms with Crippen molar-refractivity contribution >= 4 is 0 Å². The van der Waals surface area contributed by atoms with Crippen LogP contribution in [0.5, 0.6) is 0 Å². The molecule has 0 atom stereocenters. The third kappa shape index (κ3) is 5.29. The van der Waals surface area contributed by atoms with Crippen LogP contribution in [0.1, 0.15) is 38.8 Å². The molecular formula is C14H23NO. The molecule has 0 amide bonds. The Hall–Kier alpha value is -0.860. The van der Waals surface area contributed by atoms with Gasteiger partial charge in [0.15, 0.2) is 0 Å². The van der Waals surface area contributed by atoms with Crippen molar-refractivity contribution in [1.82, 2.24) is 5.32 Å². The lowest BCUT2D eigenvalue weighted by molar-refractivity contribution is -0.0149. The van der Waals surface area contributed by atoms with Crippen LogP contribution >= 0.6 is 0 Å². The third-order valence-electron chi connectivity index (χ3n) is 2.27. The molecule has 1 aromatic rings. The lowest BCUT2D eigenvalue weighted by atomic mass is 10.1. The van der Waals surface area contributed by atoms with Gasteiger partial charge in [-0.15, -0.1) is 0 Å². The molecule has 0 bridgehead atoms. The lowest BCUT2D eigenvalue weighted by Crippen LogP contribution is -2.18. The molecule has 0 aliphatic carbocycles. The molecule has 0 aliphatic rings. The average molecular weight is 221 g/mol. The fraction of sp³-hybridized carbons (Fsp3) is 0.571. The van der Waals surface area contributed by atoms with Crippen molar-refractivity contribution in [3.05, 3.63) is 35.4 Å². The van der Waals surface area contributed by atoms with Gasteiger partial charge in [-0.3, -0.25) is 0 Å². The third-order valence-corrected chi connectivity index (χ3v) is 2.27. The summed E-state index contributed by atoms with van der Waals surface area (Å²) < 4.78 is 5.72. The van der Waals surface area contributed by atoms with E-state index in [2.05, 4.69) is 57.3 Å². The maximum atomic E-state index is 5.72. The highest BCUT2D eigenvalue weighted by Crippen LogP contribution is 2.12. The predicted molar refractivity (Wildman–Crippen MR) is 68.4 cm³/mol. The zero-order valence-electron chi connectivity index (χ0n) is 10.8. The zero-order chi connectivity index (χ0) is 12.0. The minimum atomic E-state index is -0.0670. The van der Waals surface area contributed by atoms with Gasteiger partial charge in [-0.05, 0) is 38.4 Å². The molecule has 90 valence electrons. The molecule has 0 heterocycles. The number of nitrogens with one attached hydrogen (secondary N) is 1. The van der Waals surface area contributed by atoms with E-state index in [0.29, 0.717) is 6.61 Å². The van der Waals surface area contributed by atoms with Crippen molar-refractivity contribution in [2.45, 2.75) is 46.4 Å². The molecule has 2 nitrogen and oxygen atoms in total. The van der Waals surface area contributed by atoms with Gasteiger partial charge in [0, 0.05) is 6.54 Å². The second-order valence-corrected chi connectivity index (χ2v) is 5.00. The van der Waals surface area contributed by atoms with Gasteiger partial charge in [0.1, 0.15) is 0 Å². The van der Waals surface area contributed by atoms with E-state index in [1.54, 1.807) is 0 Å². The van der Waals surface area contributed by atoms with E-state index in [4.69, 9.17) is 4.74 Å². The Morgan fingerprint density at radius 2 is 1.62 bits per heavy atom. The zero-order valence-corrected chi connectivity index (χ0v) is 10.8. The SMILES string of the molecule is CCNCc1ccc(COC(C)(C)C)cc1. The van der Waals surface area contributed by atoms with E-state index in [0.717, 1.165) is 13.1 Å². The average Bonchev–Trinajstić information content (AvgIpc) is 2.24. The molecule has 0 fully saturated rings. The van der Waals surface area contributed by atoms with Gasteiger partial charge in [0.2, 0.25) is 0 Å². The van der Waals surface area contributed by atoms with Crippen molar-refractivity contribution in [2.24, 2.45) is 0 Å². The highest BCUT2D eigenvalue weighted by atomic mass is 16.5. The maximum Gasteiger partial charge on any atom is 0.0724 e. The van der Waals surface area contributed by atoms with Gasteiger partial charge >= 0.3 is 0 Å². The Labute approximate surface area is 99.0 Å². The quantitative estimate of drug-likeness (QED) is 0.825. The van der Waals surface area contributed by atoms with E-state index < -0.39 is 0 Å². The van der Waals surface area contributed by atoms with Crippen molar-refractivity contribution in [3.63, 3.8) is 0 Å². The number of hydrogen-bond acceptors (Lipinski definition) is 2. The summed E-state index contributed by atoms with van der Waals surface area (Å²) in [4.78, 5) is 0. The first kappa shape index (κ1) is 13.2. The largest absolute Gasteiger partial charge is 0.371 e. The summed E-state index contributed by atoms with van der Waals surface area (Å²) >= 11 is 0. The molecule has 0 spiro atoms. The summed E-state index contributed by atoms with van der Waals surface area (Å²) in [7, 11) is 0. The van der Waals surface area contributed by atoms with Crippen molar-refractivity contribution < 1.29 is 4.74 Å². The normalized spacial score (nSPS) is 11.8. The Morgan fingerprint density at radius 1 is 1.06 bits per heavy atom. The first-order valence-electron chi connectivity index (χ1n) is 5.94. The molecule has 1 aromatic carbocycles. The molecule has 0 saturated carbocycles. The van der Waals surface area contributed by atoms with E-state index in [1.165, 1.54) is 11.1 Å². The van der Waals surface area contributed by atoms with Gasteiger partial charge in [0.25, 0.3) is 0 Å². The molecule has 16 heavy (non-hydrogen) atoms. The monoisotopic (exact) mass is 221 g/mol. The number of benzene rings is 1. The molecule has 0 radical (unpaired) electrons. The van der Waals surface area contributed by atoms with Gasteiger partial charge in [-0.25, -0.2) is 0 Å². The molecular weight excluding hydrogens is 198 g/mol. The molecule has 1 rings (SSSR count). The van der Waals surface area contributed by atoms with Crippen LogP contribution in [0.25, 0.3) is 0 Å². The number of rotatable bonds is 5. The summed E-state index contributed by atoms with van der Waals surface area (Å²) in [6, 6.07) is 8.59. The predicted octanol–water partition coefficient (Wildman–Crippen LogP) is 3.11. The minimum absolute atomic E-state index is 0.0670.